The lowest BCUT2D eigenvalue weighted by Gasteiger charge is -2.20. The zero-order valence-corrected chi connectivity index (χ0v) is 20.1. The first-order chi connectivity index (χ1) is 16.8. The number of amides is 2. The predicted octanol–water partition coefficient (Wildman–Crippen LogP) is 3.17. The summed E-state index contributed by atoms with van der Waals surface area (Å²) in [5.41, 5.74) is 2.38. The van der Waals surface area contributed by atoms with Gasteiger partial charge < -0.3 is 20.1 Å². The van der Waals surface area contributed by atoms with E-state index in [2.05, 4.69) is 10.6 Å². The van der Waals surface area contributed by atoms with E-state index >= 15 is 0 Å². The first kappa shape index (κ1) is 24.1. The molecule has 0 fully saturated rings. The summed E-state index contributed by atoms with van der Waals surface area (Å²) in [4.78, 5) is 24.2. The molecule has 10 heteroatoms. The Kier molecular flexibility index (Phi) is 6.92. The lowest BCUT2D eigenvalue weighted by molar-refractivity contribution is -0.118. The molecule has 2 N–H and O–H groups in total. The molecular formula is C25H25N3O6S. The molecule has 3 aromatic rings. The van der Waals surface area contributed by atoms with E-state index in [9.17, 15) is 18.0 Å². The zero-order valence-electron chi connectivity index (χ0n) is 19.3. The Bertz CT molecular complexity index is 1340. The second kappa shape index (κ2) is 10.1. The van der Waals surface area contributed by atoms with E-state index in [1.807, 2.05) is 6.92 Å². The number of anilines is 2. The molecule has 9 nitrogen and oxygen atoms in total. The number of carbonyl (C=O) groups excluding carboxylic acids is 2. The van der Waals surface area contributed by atoms with Crippen molar-refractivity contribution < 1.29 is 27.5 Å². The van der Waals surface area contributed by atoms with Crippen molar-refractivity contribution in [1.29, 1.82) is 0 Å². The van der Waals surface area contributed by atoms with Crippen LogP contribution in [0.4, 0.5) is 11.4 Å². The third-order valence-corrected chi connectivity index (χ3v) is 7.24. The standard InChI is InChI=1S/C25H25N3O6S/c1-3-33-20-10-12-22(13-11-20)35(31,32)28(2)19-6-8-21(9-7-19)34-16-24(29)27-18-5-4-17-15-26-25(30)23(17)14-18/h4-14H,3,15-16H2,1-2H3,(H,26,30)(H,27,29). The second-order valence-corrected chi connectivity index (χ2v) is 9.73. The van der Waals surface area contributed by atoms with Crippen molar-refractivity contribution in [3.8, 4) is 11.5 Å². The molecule has 1 aliphatic rings. The third kappa shape index (κ3) is 5.38. The van der Waals surface area contributed by atoms with Crippen molar-refractivity contribution >= 4 is 33.2 Å². The maximum absolute atomic E-state index is 12.9. The fourth-order valence-corrected chi connectivity index (χ4v) is 4.76. The molecule has 2 amide bonds. The number of hydrogen-bond donors (Lipinski definition) is 2. The number of sulfonamides is 1. The molecule has 182 valence electrons. The van der Waals surface area contributed by atoms with Gasteiger partial charge in [-0.2, -0.15) is 0 Å². The van der Waals surface area contributed by atoms with E-state index in [4.69, 9.17) is 9.47 Å². The fraction of sp³-hybridized carbons (Fsp3) is 0.200. The zero-order chi connectivity index (χ0) is 25.0. The minimum atomic E-state index is -3.76. The molecule has 0 spiro atoms. The van der Waals surface area contributed by atoms with Crippen LogP contribution in [0.25, 0.3) is 0 Å². The van der Waals surface area contributed by atoms with E-state index in [1.165, 1.54) is 23.5 Å². The molecule has 0 aromatic heterocycles. The Morgan fingerprint density at radius 2 is 1.66 bits per heavy atom. The second-order valence-electron chi connectivity index (χ2n) is 7.76. The van der Waals surface area contributed by atoms with Crippen LogP contribution in [0, 0.1) is 0 Å². The largest absolute Gasteiger partial charge is 0.494 e. The summed E-state index contributed by atoms with van der Waals surface area (Å²) in [6, 6.07) is 17.8. The summed E-state index contributed by atoms with van der Waals surface area (Å²) in [5, 5.41) is 5.43. The van der Waals surface area contributed by atoms with Gasteiger partial charge in [0, 0.05) is 24.8 Å². The van der Waals surface area contributed by atoms with Crippen molar-refractivity contribution in [1.82, 2.24) is 5.32 Å². The van der Waals surface area contributed by atoms with Crippen molar-refractivity contribution in [3.05, 3.63) is 77.9 Å². The summed E-state index contributed by atoms with van der Waals surface area (Å²) >= 11 is 0. The van der Waals surface area contributed by atoms with Gasteiger partial charge in [0.05, 0.1) is 17.2 Å². The summed E-state index contributed by atoms with van der Waals surface area (Å²) in [6.07, 6.45) is 0. The van der Waals surface area contributed by atoms with Gasteiger partial charge >= 0.3 is 0 Å². The van der Waals surface area contributed by atoms with Gasteiger partial charge in [-0.1, -0.05) is 6.07 Å². The van der Waals surface area contributed by atoms with Gasteiger partial charge in [-0.05, 0) is 73.2 Å². The first-order valence-electron chi connectivity index (χ1n) is 10.9. The highest BCUT2D eigenvalue weighted by atomic mass is 32.2. The van der Waals surface area contributed by atoms with Crippen molar-refractivity contribution in [2.24, 2.45) is 0 Å². The van der Waals surface area contributed by atoms with Gasteiger partial charge in [-0.15, -0.1) is 0 Å². The van der Waals surface area contributed by atoms with Crippen LogP contribution in [0.2, 0.25) is 0 Å². The number of nitrogens with zero attached hydrogens (tertiary/aromatic N) is 1. The van der Waals surface area contributed by atoms with Crippen LogP contribution in [0.1, 0.15) is 22.8 Å². The Balaban J connectivity index is 1.35. The van der Waals surface area contributed by atoms with Gasteiger partial charge in [0.1, 0.15) is 11.5 Å². The van der Waals surface area contributed by atoms with E-state index < -0.39 is 10.0 Å². The Labute approximate surface area is 203 Å². The topological polar surface area (TPSA) is 114 Å². The average molecular weight is 496 g/mol. The van der Waals surface area contributed by atoms with E-state index in [1.54, 1.807) is 54.6 Å². The van der Waals surface area contributed by atoms with E-state index in [0.717, 1.165) is 5.56 Å². The molecule has 4 rings (SSSR count). The maximum Gasteiger partial charge on any atom is 0.264 e. The summed E-state index contributed by atoms with van der Waals surface area (Å²) in [7, 11) is -2.30. The number of rotatable bonds is 9. The quantitative estimate of drug-likeness (QED) is 0.471. The van der Waals surface area contributed by atoms with Crippen LogP contribution in [-0.4, -0.2) is 40.5 Å². The highest BCUT2D eigenvalue weighted by Crippen LogP contribution is 2.26. The highest BCUT2D eigenvalue weighted by Gasteiger charge is 2.22. The smallest absolute Gasteiger partial charge is 0.264 e. The van der Waals surface area contributed by atoms with E-state index in [0.29, 0.717) is 41.6 Å². The summed E-state index contributed by atoms with van der Waals surface area (Å²) < 4.78 is 37.9. The van der Waals surface area contributed by atoms with Crippen molar-refractivity contribution in [2.75, 3.05) is 29.9 Å². The number of fused-ring (bicyclic) bond motifs is 1. The Morgan fingerprint density at radius 3 is 2.34 bits per heavy atom. The minimum Gasteiger partial charge on any atom is -0.494 e. The Morgan fingerprint density at radius 1 is 1.00 bits per heavy atom. The molecule has 0 atom stereocenters. The SMILES string of the molecule is CCOc1ccc(S(=O)(=O)N(C)c2ccc(OCC(=O)Nc3ccc4c(c3)C(=O)NC4)cc2)cc1. The normalized spacial score (nSPS) is 12.5. The molecule has 0 saturated carbocycles. The van der Waals surface area contributed by atoms with Crippen LogP contribution >= 0.6 is 0 Å². The molecule has 1 heterocycles. The fourth-order valence-electron chi connectivity index (χ4n) is 3.56. The highest BCUT2D eigenvalue weighted by molar-refractivity contribution is 7.92. The molecule has 0 radical (unpaired) electrons. The number of benzene rings is 3. The number of hydrogen-bond acceptors (Lipinski definition) is 6. The number of ether oxygens (including phenoxy) is 2. The van der Waals surface area contributed by atoms with Crippen LogP contribution in [0.3, 0.4) is 0 Å². The van der Waals surface area contributed by atoms with Gasteiger partial charge in [0.15, 0.2) is 6.61 Å². The van der Waals surface area contributed by atoms with E-state index in [-0.39, 0.29) is 23.3 Å². The van der Waals surface area contributed by atoms with Crippen LogP contribution in [0.15, 0.2) is 71.6 Å². The van der Waals surface area contributed by atoms with Gasteiger partial charge in [-0.3, -0.25) is 13.9 Å². The molecule has 3 aromatic carbocycles. The summed E-state index contributed by atoms with van der Waals surface area (Å²) in [5.74, 6) is 0.454. The minimum absolute atomic E-state index is 0.143. The Hall–Kier alpha value is -4.05. The number of carbonyl (C=O) groups is 2. The molecular weight excluding hydrogens is 470 g/mol. The van der Waals surface area contributed by atoms with Gasteiger partial charge in [0.25, 0.3) is 21.8 Å². The van der Waals surface area contributed by atoms with Crippen LogP contribution in [-0.2, 0) is 21.4 Å². The van der Waals surface area contributed by atoms with Gasteiger partial charge in [-0.25, -0.2) is 8.42 Å². The molecule has 0 unspecified atom stereocenters. The monoisotopic (exact) mass is 495 g/mol. The predicted molar refractivity (Wildman–Crippen MR) is 131 cm³/mol. The van der Waals surface area contributed by atoms with Crippen LogP contribution < -0.4 is 24.4 Å². The van der Waals surface area contributed by atoms with Crippen LogP contribution in [0.5, 0.6) is 11.5 Å². The first-order valence-corrected chi connectivity index (χ1v) is 12.4. The summed E-state index contributed by atoms with van der Waals surface area (Å²) in [6.45, 7) is 2.59. The molecule has 0 bridgehead atoms. The van der Waals surface area contributed by atoms with Crippen molar-refractivity contribution in [3.63, 3.8) is 0 Å². The third-order valence-electron chi connectivity index (χ3n) is 5.44. The average Bonchev–Trinajstić information content (AvgIpc) is 3.23. The molecule has 0 aliphatic carbocycles. The molecule has 35 heavy (non-hydrogen) atoms. The lowest BCUT2D eigenvalue weighted by Crippen LogP contribution is -2.26. The molecule has 0 saturated heterocycles. The lowest BCUT2D eigenvalue weighted by atomic mass is 10.1. The van der Waals surface area contributed by atoms with Gasteiger partial charge in [0.2, 0.25) is 0 Å². The number of nitrogens with one attached hydrogen (secondary N) is 2. The van der Waals surface area contributed by atoms with Crippen molar-refractivity contribution in [2.45, 2.75) is 18.4 Å². The molecule has 1 aliphatic heterocycles. The maximum atomic E-state index is 12.9.